The number of benzene rings is 1. The lowest BCUT2D eigenvalue weighted by Gasteiger charge is -2.34. The Bertz CT molecular complexity index is 615. The minimum absolute atomic E-state index is 0.101. The Labute approximate surface area is 157 Å². The van der Waals surface area contributed by atoms with Crippen LogP contribution >= 0.6 is 15.9 Å². The van der Waals surface area contributed by atoms with Gasteiger partial charge in [0.15, 0.2) is 5.96 Å². The number of carbonyl (C=O) groups excluding carboxylic acids is 1. The van der Waals surface area contributed by atoms with E-state index in [2.05, 4.69) is 36.5 Å². The van der Waals surface area contributed by atoms with E-state index in [0.717, 1.165) is 42.9 Å². The lowest BCUT2D eigenvalue weighted by Crippen LogP contribution is -2.46. The fourth-order valence-corrected chi connectivity index (χ4v) is 3.37. The standard InChI is InChI=1S/C18H26BrFN4O/c1-3-22-18(23-12-14-11-15(19)4-5-16(14)20)24-8-6-13(7-9-24)10-17(25)21-2/h4-5,11,13H,3,6-10,12H2,1-2H3,(H,21,25)(H,22,23). The van der Waals surface area contributed by atoms with Gasteiger partial charge in [-0.15, -0.1) is 0 Å². The van der Waals surface area contributed by atoms with E-state index in [1.807, 2.05) is 6.92 Å². The molecule has 0 bridgehead atoms. The molecule has 0 atom stereocenters. The van der Waals surface area contributed by atoms with Gasteiger partial charge in [0.1, 0.15) is 5.82 Å². The monoisotopic (exact) mass is 412 g/mol. The van der Waals surface area contributed by atoms with Gasteiger partial charge in [-0.25, -0.2) is 9.38 Å². The van der Waals surface area contributed by atoms with Gasteiger partial charge >= 0.3 is 0 Å². The van der Waals surface area contributed by atoms with Crippen molar-refractivity contribution >= 4 is 27.8 Å². The summed E-state index contributed by atoms with van der Waals surface area (Å²) in [5.41, 5.74) is 0.569. The van der Waals surface area contributed by atoms with Crippen molar-refractivity contribution in [1.29, 1.82) is 0 Å². The van der Waals surface area contributed by atoms with Gasteiger partial charge < -0.3 is 15.5 Å². The number of aliphatic imine (C=N–C) groups is 1. The van der Waals surface area contributed by atoms with Gasteiger partial charge in [-0.1, -0.05) is 15.9 Å². The molecular formula is C18H26BrFN4O. The molecule has 138 valence electrons. The average molecular weight is 413 g/mol. The summed E-state index contributed by atoms with van der Waals surface area (Å²) in [6.45, 7) is 4.79. The summed E-state index contributed by atoms with van der Waals surface area (Å²) in [4.78, 5) is 18.3. The molecule has 0 radical (unpaired) electrons. The first-order valence-corrected chi connectivity index (χ1v) is 9.50. The highest BCUT2D eigenvalue weighted by Gasteiger charge is 2.23. The molecule has 1 saturated heterocycles. The predicted octanol–water partition coefficient (Wildman–Crippen LogP) is 2.90. The van der Waals surface area contributed by atoms with Crippen LogP contribution in [0.2, 0.25) is 0 Å². The van der Waals surface area contributed by atoms with Crippen molar-refractivity contribution in [3.05, 3.63) is 34.1 Å². The number of carbonyl (C=O) groups is 1. The van der Waals surface area contributed by atoms with E-state index >= 15 is 0 Å². The fraction of sp³-hybridized carbons (Fsp3) is 0.556. The smallest absolute Gasteiger partial charge is 0.220 e. The third kappa shape index (κ3) is 5.99. The van der Waals surface area contributed by atoms with Crippen molar-refractivity contribution in [3.63, 3.8) is 0 Å². The van der Waals surface area contributed by atoms with Crippen LogP contribution in [0.5, 0.6) is 0 Å². The van der Waals surface area contributed by atoms with Gasteiger partial charge in [0.25, 0.3) is 0 Å². The number of rotatable bonds is 5. The molecule has 2 N–H and O–H groups in total. The lowest BCUT2D eigenvalue weighted by atomic mass is 9.93. The summed E-state index contributed by atoms with van der Waals surface area (Å²) in [5, 5.41) is 5.97. The second-order valence-electron chi connectivity index (χ2n) is 6.21. The molecule has 1 heterocycles. The van der Waals surface area contributed by atoms with Gasteiger partial charge in [-0.2, -0.15) is 0 Å². The van der Waals surface area contributed by atoms with E-state index in [4.69, 9.17) is 0 Å². The first-order chi connectivity index (χ1) is 12.0. The van der Waals surface area contributed by atoms with Gasteiger partial charge in [0.2, 0.25) is 5.91 Å². The number of guanidine groups is 1. The summed E-state index contributed by atoms with van der Waals surface area (Å²) >= 11 is 3.37. The van der Waals surface area contributed by atoms with Crippen LogP contribution in [0, 0.1) is 11.7 Å². The van der Waals surface area contributed by atoms with E-state index in [1.54, 1.807) is 19.2 Å². The molecule has 1 aromatic carbocycles. The van der Waals surface area contributed by atoms with E-state index in [-0.39, 0.29) is 11.7 Å². The normalized spacial score (nSPS) is 16.0. The Morgan fingerprint density at radius 3 is 2.76 bits per heavy atom. The van der Waals surface area contributed by atoms with E-state index < -0.39 is 0 Å². The highest BCUT2D eigenvalue weighted by Crippen LogP contribution is 2.21. The van der Waals surface area contributed by atoms with Gasteiger partial charge in [-0.3, -0.25) is 4.79 Å². The highest BCUT2D eigenvalue weighted by molar-refractivity contribution is 9.10. The maximum Gasteiger partial charge on any atom is 0.220 e. The van der Waals surface area contributed by atoms with Crippen LogP contribution < -0.4 is 10.6 Å². The topological polar surface area (TPSA) is 56.7 Å². The lowest BCUT2D eigenvalue weighted by molar-refractivity contribution is -0.121. The van der Waals surface area contributed by atoms with Crippen LogP contribution in [0.3, 0.4) is 0 Å². The van der Waals surface area contributed by atoms with Crippen molar-refractivity contribution in [1.82, 2.24) is 15.5 Å². The minimum atomic E-state index is -0.243. The van der Waals surface area contributed by atoms with Crippen LogP contribution in [-0.4, -0.2) is 43.4 Å². The third-order valence-electron chi connectivity index (χ3n) is 4.41. The molecule has 0 saturated carbocycles. The van der Waals surface area contributed by atoms with Crippen LogP contribution in [-0.2, 0) is 11.3 Å². The molecule has 1 amide bonds. The number of nitrogens with zero attached hydrogens (tertiary/aromatic N) is 2. The zero-order valence-electron chi connectivity index (χ0n) is 14.8. The van der Waals surface area contributed by atoms with Crippen LogP contribution in [0.4, 0.5) is 4.39 Å². The summed E-state index contributed by atoms with van der Waals surface area (Å²) in [5.74, 6) is 1.08. The van der Waals surface area contributed by atoms with E-state index in [0.29, 0.717) is 24.4 Å². The number of likely N-dealkylation sites (tertiary alicyclic amines) is 1. The van der Waals surface area contributed by atoms with Crippen LogP contribution in [0.15, 0.2) is 27.7 Å². The zero-order valence-corrected chi connectivity index (χ0v) is 16.4. The largest absolute Gasteiger partial charge is 0.359 e. The number of amides is 1. The molecule has 25 heavy (non-hydrogen) atoms. The van der Waals surface area contributed by atoms with Crippen LogP contribution in [0.1, 0.15) is 31.7 Å². The molecule has 0 aromatic heterocycles. The zero-order chi connectivity index (χ0) is 18.2. The Kier molecular flexibility index (Phi) is 7.68. The Morgan fingerprint density at radius 2 is 2.12 bits per heavy atom. The first-order valence-electron chi connectivity index (χ1n) is 8.71. The summed E-state index contributed by atoms with van der Waals surface area (Å²) in [7, 11) is 1.68. The quantitative estimate of drug-likeness (QED) is 0.577. The average Bonchev–Trinajstić information content (AvgIpc) is 2.62. The molecule has 0 aliphatic carbocycles. The molecule has 1 aliphatic rings. The van der Waals surface area contributed by atoms with Gasteiger partial charge in [0.05, 0.1) is 6.54 Å². The van der Waals surface area contributed by atoms with Crippen molar-refractivity contribution < 1.29 is 9.18 Å². The molecule has 1 fully saturated rings. The maximum absolute atomic E-state index is 13.9. The Morgan fingerprint density at radius 1 is 1.40 bits per heavy atom. The molecule has 1 aliphatic heterocycles. The van der Waals surface area contributed by atoms with Crippen LogP contribution in [0.25, 0.3) is 0 Å². The highest BCUT2D eigenvalue weighted by atomic mass is 79.9. The summed E-state index contributed by atoms with van der Waals surface area (Å²) in [6, 6.07) is 4.90. The van der Waals surface area contributed by atoms with Crippen molar-refractivity contribution in [2.75, 3.05) is 26.7 Å². The fourth-order valence-electron chi connectivity index (χ4n) is 2.96. The molecule has 0 unspecified atom stereocenters. The van der Waals surface area contributed by atoms with Crippen molar-refractivity contribution in [2.45, 2.75) is 32.7 Å². The van der Waals surface area contributed by atoms with Crippen molar-refractivity contribution in [3.8, 4) is 0 Å². The number of nitrogens with one attached hydrogen (secondary N) is 2. The molecule has 2 rings (SSSR count). The van der Waals surface area contributed by atoms with E-state index in [1.165, 1.54) is 6.07 Å². The van der Waals surface area contributed by atoms with Gasteiger partial charge in [-0.05, 0) is 43.9 Å². The molecule has 7 heteroatoms. The number of hydrogen-bond acceptors (Lipinski definition) is 2. The SMILES string of the molecule is CCNC(=NCc1cc(Br)ccc1F)N1CCC(CC(=O)NC)CC1. The second kappa shape index (κ2) is 9.75. The summed E-state index contributed by atoms with van der Waals surface area (Å²) in [6.07, 6.45) is 2.51. The Hall–Kier alpha value is -1.63. The molecule has 5 nitrogen and oxygen atoms in total. The predicted molar refractivity (Wildman–Crippen MR) is 102 cm³/mol. The number of piperidine rings is 1. The molecule has 1 aromatic rings. The number of hydrogen-bond donors (Lipinski definition) is 2. The number of halogens is 2. The summed E-state index contributed by atoms with van der Waals surface area (Å²) < 4.78 is 14.7. The van der Waals surface area contributed by atoms with E-state index in [9.17, 15) is 9.18 Å². The Balaban J connectivity index is 1.98. The molecular weight excluding hydrogens is 387 g/mol. The third-order valence-corrected chi connectivity index (χ3v) is 4.90. The first kappa shape index (κ1) is 19.7. The van der Waals surface area contributed by atoms with Gasteiger partial charge in [0, 0.05) is 43.1 Å². The van der Waals surface area contributed by atoms with Crippen molar-refractivity contribution in [2.24, 2.45) is 10.9 Å². The molecule has 0 spiro atoms. The maximum atomic E-state index is 13.9. The second-order valence-corrected chi connectivity index (χ2v) is 7.13. The minimum Gasteiger partial charge on any atom is -0.359 e.